The molecule has 0 aromatic heterocycles. The van der Waals surface area contributed by atoms with Crippen LogP contribution in [0.1, 0.15) is 16.7 Å². The van der Waals surface area contributed by atoms with E-state index in [-0.39, 0.29) is 0 Å². The molecule has 0 atom stereocenters. The summed E-state index contributed by atoms with van der Waals surface area (Å²) in [4.78, 5) is 0. The van der Waals surface area contributed by atoms with Crippen molar-refractivity contribution in [1.82, 2.24) is 0 Å². The van der Waals surface area contributed by atoms with Crippen LogP contribution in [0.5, 0.6) is 0 Å². The Labute approximate surface area is 93.9 Å². The van der Waals surface area contributed by atoms with Crippen LogP contribution in [0.4, 0.5) is 0 Å². The first-order chi connectivity index (χ1) is 6.65. The number of aryl methyl sites for hydroxylation is 1. The number of methoxy groups -OCH3 is 1. The smallest absolute Gasteiger partial charge is 0.0646 e. The van der Waals surface area contributed by atoms with Gasteiger partial charge >= 0.3 is 0 Å². The molecule has 0 saturated carbocycles. The lowest BCUT2D eigenvalue weighted by atomic mass is 10.1. The molecule has 0 heterocycles. The molecule has 0 amide bonds. The van der Waals surface area contributed by atoms with Crippen molar-refractivity contribution in [2.45, 2.75) is 13.8 Å². The van der Waals surface area contributed by atoms with Crippen LogP contribution in [0.2, 0.25) is 0 Å². The Balaban J connectivity index is 2.96. The maximum absolute atomic E-state index is 4.97. The number of benzene rings is 1. The topological polar surface area (TPSA) is 9.23 Å². The van der Waals surface area contributed by atoms with Gasteiger partial charge in [-0.1, -0.05) is 34.1 Å². The maximum Gasteiger partial charge on any atom is 0.0646 e. The normalized spacial score (nSPS) is 11.1. The minimum absolute atomic E-state index is 0.658. The second-order valence-corrected chi connectivity index (χ2v) is 4.17. The van der Waals surface area contributed by atoms with E-state index in [1.165, 1.54) is 16.7 Å². The van der Waals surface area contributed by atoms with Crippen molar-refractivity contribution >= 4 is 22.0 Å². The Morgan fingerprint density at radius 3 is 2.71 bits per heavy atom. The Morgan fingerprint density at radius 1 is 1.36 bits per heavy atom. The van der Waals surface area contributed by atoms with E-state index in [1.54, 1.807) is 7.11 Å². The van der Waals surface area contributed by atoms with Gasteiger partial charge in [-0.15, -0.1) is 0 Å². The third-order valence-electron chi connectivity index (χ3n) is 2.09. The Morgan fingerprint density at radius 2 is 2.07 bits per heavy atom. The van der Waals surface area contributed by atoms with Gasteiger partial charge in [0.05, 0.1) is 6.61 Å². The highest BCUT2D eigenvalue weighted by atomic mass is 79.9. The zero-order valence-corrected chi connectivity index (χ0v) is 10.4. The van der Waals surface area contributed by atoms with E-state index >= 15 is 0 Å². The molecule has 14 heavy (non-hydrogen) atoms. The molecule has 0 aliphatic carbocycles. The van der Waals surface area contributed by atoms with E-state index in [2.05, 4.69) is 48.0 Å². The van der Waals surface area contributed by atoms with Gasteiger partial charge in [0.2, 0.25) is 0 Å². The lowest BCUT2D eigenvalue weighted by Crippen LogP contribution is -1.86. The molecule has 0 saturated heterocycles. The molecule has 0 aliphatic heterocycles. The van der Waals surface area contributed by atoms with E-state index < -0.39 is 0 Å². The van der Waals surface area contributed by atoms with Crippen molar-refractivity contribution in [2.75, 3.05) is 13.7 Å². The van der Waals surface area contributed by atoms with Gasteiger partial charge in [-0.3, -0.25) is 0 Å². The summed E-state index contributed by atoms with van der Waals surface area (Å²) in [5.41, 5.74) is 3.77. The minimum atomic E-state index is 0.658. The molecule has 1 nitrogen and oxygen atoms in total. The van der Waals surface area contributed by atoms with Crippen molar-refractivity contribution in [2.24, 2.45) is 0 Å². The predicted octanol–water partition coefficient (Wildman–Crippen LogP) is 3.73. The lowest BCUT2D eigenvalue weighted by molar-refractivity contribution is 0.234. The minimum Gasteiger partial charge on any atom is -0.381 e. The molecule has 0 fully saturated rings. The summed E-state index contributed by atoms with van der Waals surface area (Å²) in [7, 11) is 1.70. The highest BCUT2D eigenvalue weighted by Crippen LogP contribution is 2.22. The first-order valence-electron chi connectivity index (χ1n) is 4.57. The number of hydrogen-bond acceptors (Lipinski definition) is 1. The summed E-state index contributed by atoms with van der Waals surface area (Å²) in [6, 6.07) is 4.30. The fourth-order valence-electron chi connectivity index (χ4n) is 1.29. The largest absolute Gasteiger partial charge is 0.381 e. The molecular weight excluding hydrogens is 240 g/mol. The molecule has 1 aromatic rings. The first kappa shape index (κ1) is 11.5. The molecule has 0 spiro atoms. The molecule has 1 aromatic carbocycles. The Hall–Kier alpha value is -0.600. The van der Waals surface area contributed by atoms with Crippen molar-refractivity contribution in [3.8, 4) is 0 Å². The van der Waals surface area contributed by atoms with E-state index in [0.29, 0.717) is 6.61 Å². The van der Waals surface area contributed by atoms with E-state index in [4.69, 9.17) is 4.74 Å². The van der Waals surface area contributed by atoms with Gasteiger partial charge in [-0.25, -0.2) is 0 Å². The van der Waals surface area contributed by atoms with Gasteiger partial charge in [-0.05, 0) is 36.6 Å². The molecule has 0 radical (unpaired) electrons. The number of hydrogen-bond donors (Lipinski definition) is 0. The van der Waals surface area contributed by atoms with Gasteiger partial charge in [0, 0.05) is 11.6 Å². The lowest BCUT2D eigenvalue weighted by Gasteiger charge is -2.05. The second kappa shape index (κ2) is 5.32. The van der Waals surface area contributed by atoms with Gasteiger partial charge in [0.15, 0.2) is 0 Å². The summed E-state index contributed by atoms with van der Waals surface area (Å²) in [5.74, 6) is 0. The van der Waals surface area contributed by atoms with E-state index in [0.717, 1.165) is 4.47 Å². The summed E-state index contributed by atoms with van der Waals surface area (Å²) >= 11 is 3.54. The zero-order valence-electron chi connectivity index (χ0n) is 8.80. The predicted molar refractivity (Wildman–Crippen MR) is 64.5 cm³/mol. The number of rotatable bonds is 3. The van der Waals surface area contributed by atoms with Crippen LogP contribution in [0.25, 0.3) is 6.08 Å². The van der Waals surface area contributed by atoms with Crippen LogP contribution in [-0.4, -0.2) is 13.7 Å². The molecule has 0 aliphatic rings. The third kappa shape index (κ3) is 2.96. The van der Waals surface area contributed by atoms with Crippen LogP contribution in [-0.2, 0) is 4.74 Å². The molecular formula is C12H15BrO. The van der Waals surface area contributed by atoms with Crippen molar-refractivity contribution in [3.63, 3.8) is 0 Å². The van der Waals surface area contributed by atoms with E-state index in [1.807, 2.05) is 6.08 Å². The molecule has 0 unspecified atom stereocenters. The average Bonchev–Trinajstić information content (AvgIpc) is 2.13. The highest BCUT2D eigenvalue weighted by Gasteiger charge is 2.00. The number of halogens is 1. The molecule has 2 heteroatoms. The van der Waals surface area contributed by atoms with E-state index in [9.17, 15) is 0 Å². The molecule has 76 valence electrons. The van der Waals surface area contributed by atoms with Crippen molar-refractivity contribution in [3.05, 3.63) is 39.4 Å². The van der Waals surface area contributed by atoms with Crippen molar-refractivity contribution in [1.29, 1.82) is 0 Å². The summed E-state index contributed by atoms with van der Waals surface area (Å²) in [5, 5.41) is 0. The van der Waals surface area contributed by atoms with Crippen LogP contribution >= 0.6 is 15.9 Å². The highest BCUT2D eigenvalue weighted by molar-refractivity contribution is 9.10. The summed E-state index contributed by atoms with van der Waals surface area (Å²) in [6.07, 6.45) is 4.12. The average molecular weight is 255 g/mol. The fourth-order valence-corrected chi connectivity index (χ4v) is 1.88. The van der Waals surface area contributed by atoms with Crippen LogP contribution in [0.3, 0.4) is 0 Å². The fraction of sp³-hybridized carbons (Fsp3) is 0.333. The molecule has 1 rings (SSSR count). The second-order valence-electron chi connectivity index (χ2n) is 3.32. The standard InChI is InChI=1S/C12H15BrO/c1-9-7-11(5-4-6-14-3)10(2)12(13)8-9/h4-5,7-8H,6H2,1-3H3/b5-4+. The van der Waals surface area contributed by atoms with Crippen LogP contribution in [0.15, 0.2) is 22.7 Å². The van der Waals surface area contributed by atoms with Crippen molar-refractivity contribution < 1.29 is 4.74 Å². The molecule has 0 N–H and O–H groups in total. The maximum atomic E-state index is 4.97. The number of ether oxygens (including phenoxy) is 1. The van der Waals surface area contributed by atoms with Crippen LogP contribution in [0, 0.1) is 13.8 Å². The Bertz CT molecular complexity index is 342. The third-order valence-corrected chi connectivity index (χ3v) is 2.91. The quantitative estimate of drug-likeness (QED) is 0.799. The van der Waals surface area contributed by atoms with Gasteiger partial charge < -0.3 is 4.74 Å². The Kier molecular flexibility index (Phi) is 4.36. The zero-order chi connectivity index (χ0) is 10.6. The summed E-state index contributed by atoms with van der Waals surface area (Å²) < 4.78 is 6.13. The van der Waals surface area contributed by atoms with Gasteiger partial charge in [0.25, 0.3) is 0 Å². The monoisotopic (exact) mass is 254 g/mol. The SMILES string of the molecule is COC/C=C/c1cc(C)cc(Br)c1C. The van der Waals surface area contributed by atoms with Gasteiger partial charge in [-0.2, -0.15) is 0 Å². The molecule has 0 bridgehead atoms. The summed E-state index contributed by atoms with van der Waals surface area (Å²) in [6.45, 7) is 4.86. The van der Waals surface area contributed by atoms with Gasteiger partial charge in [0.1, 0.15) is 0 Å². The first-order valence-corrected chi connectivity index (χ1v) is 5.36. The van der Waals surface area contributed by atoms with Crippen LogP contribution < -0.4 is 0 Å².